The minimum atomic E-state index is 0.396. The summed E-state index contributed by atoms with van der Waals surface area (Å²) in [5.74, 6) is 0.640. The molecule has 0 aromatic rings. The molecule has 0 bridgehead atoms. The topological polar surface area (TPSA) is 9.23 Å². The molecule has 0 aromatic carbocycles. The Morgan fingerprint density at radius 3 is 2.42 bits per heavy atom. The van der Waals surface area contributed by atoms with Crippen LogP contribution in [0.4, 0.5) is 0 Å². The van der Waals surface area contributed by atoms with Gasteiger partial charge in [0.05, 0.1) is 6.10 Å². The van der Waals surface area contributed by atoms with Crippen LogP contribution in [-0.4, -0.2) is 12.7 Å². The van der Waals surface area contributed by atoms with Crippen LogP contribution in [0.15, 0.2) is 0 Å². The summed E-state index contributed by atoms with van der Waals surface area (Å²) in [5, 5.41) is 0. The van der Waals surface area contributed by atoms with E-state index < -0.39 is 0 Å². The molecule has 0 spiro atoms. The summed E-state index contributed by atoms with van der Waals surface area (Å²) in [6, 6.07) is 0. The first-order chi connectivity index (χ1) is 5.70. The van der Waals surface area contributed by atoms with Crippen LogP contribution < -0.4 is 0 Å². The van der Waals surface area contributed by atoms with E-state index in [1.807, 2.05) is 0 Å². The Balaban J connectivity index is 3.39. The molecule has 0 saturated heterocycles. The molecule has 0 saturated carbocycles. The fraction of sp³-hybridized carbons (Fsp3) is 0.909. The van der Waals surface area contributed by atoms with Crippen LogP contribution in [0.1, 0.15) is 46.5 Å². The minimum absolute atomic E-state index is 0.396. The Labute approximate surface area is 77.5 Å². The largest absolute Gasteiger partial charge is 0.378 e. The van der Waals surface area contributed by atoms with Crippen LogP contribution >= 0.6 is 0 Å². The molecular weight excluding hydrogens is 148 g/mol. The summed E-state index contributed by atoms with van der Waals surface area (Å²) in [4.78, 5) is 0. The molecule has 73 valence electrons. The van der Waals surface area contributed by atoms with E-state index >= 15 is 0 Å². The van der Waals surface area contributed by atoms with Crippen LogP contribution in [0, 0.1) is 12.8 Å². The zero-order valence-electron chi connectivity index (χ0n) is 8.81. The van der Waals surface area contributed by atoms with Crippen molar-refractivity contribution in [1.82, 2.24) is 0 Å². The first kappa shape index (κ1) is 12.0. The molecule has 0 N–H and O–H groups in total. The highest BCUT2D eigenvalue weighted by atomic mass is 16.5. The lowest BCUT2D eigenvalue weighted by atomic mass is 10.1. The van der Waals surface area contributed by atoms with Gasteiger partial charge in [-0.2, -0.15) is 0 Å². The van der Waals surface area contributed by atoms with Crippen molar-refractivity contribution in [1.29, 1.82) is 0 Å². The molecule has 1 unspecified atom stereocenters. The van der Waals surface area contributed by atoms with E-state index in [1.165, 1.54) is 19.3 Å². The summed E-state index contributed by atoms with van der Waals surface area (Å²) < 4.78 is 5.69. The van der Waals surface area contributed by atoms with Crippen LogP contribution in [0.25, 0.3) is 0 Å². The lowest BCUT2D eigenvalue weighted by Gasteiger charge is -2.16. The van der Waals surface area contributed by atoms with Gasteiger partial charge in [0, 0.05) is 6.61 Å². The van der Waals surface area contributed by atoms with Crippen molar-refractivity contribution in [3.8, 4) is 0 Å². The van der Waals surface area contributed by atoms with Gasteiger partial charge in [0.25, 0.3) is 0 Å². The zero-order valence-corrected chi connectivity index (χ0v) is 8.81. The molecule has 12 heavy (non-hydrogen) atoms. The summed E-state index contributed by atoms with van der Waals surface area (Å²) in [6.07, 6.45) is 4.99. The van der Waals surface area contributed by atoms with Crippen LogP contribution in [0.5, 0.6) is 0 Å². The second-order valence-corrected chi connectivity index (χ2v) is 3.78. The van der Waals surface area contributed by atoms with Gasteiger partial charge in [0.1, 0.15) is 0 Å². The summed E-state index contributed by atoms with van der Waals surface area (Å²) >= 11 is 0. The third-order valence-corrected chi connectivity index (χ3v) is 1.87. The summed E-state index contributed by atoms with van der Waals surface area (Å²) in [5.41, 5.74) is 0. The lowest BCUT2D eigenvalue weighted by molar-refractivity contribution is 0.0309. The van der Waals surface area contributed by atoms with Crippen molar-refractivity contribution >= 4 is 0 Å². The third-order valence-electron chi connectivity index (χ3n) is 1.87. The second kappa shape index (κ2) is 7.60. The fourth-order valence-electron chi connectivity index (χ4n) is 1.07. The van der Waals surface area contributed by atoms with E-state index in [1.54, 1.807) is 0 Å². The number of rotatable bonds is 7. The van der Waals surface area contributed by atoms with Crippen molar-refractivity contribution in [3.05, 3.63) is 6.92 Å². The molecule has 0 amide bonds. The Morgan fingerprint density at radius 1 is 1.33 bits per heavy atom. The van der Waals surface area contributed by atoms with Gasteiger partial charge >= 0.3 is 0 Å². The number of hydrogen-bond donors (Lipinski definition) is 0. The average molecular weight is 171 g/mol. The molecule has 0 aromatic heterocycles. The molecule has 1 atom stereocenters. The molecular formula is C11H23O. The van der Waals surface area contributed by atoms with E-state index in [9.17, 15) is 0 Å². The molecule has 1 radical (unpaired) electrons. The molecule has 0 heterocycles. The second-order valence-electron chi connectivity index (χ2n) is 3.78. The zero-order chi connectivity index (χ0) is 9.40. The van der Waals surface area contributed by atoms with Gasteiger partial charge in [-0.05, 0) is 18.8 Å². The van der Waals surface area contributed by atoms with Gasteiger partial charge in [-0.1, -0.05) is 40.5 Å². The van der Waals surface area contributed by atoms with Crippen molar-refractivity contribution < 1.29 is 4.74 Å². The number of hydrogen-bond acceptors (Lipinski definition) is 1. The van der Waals surface area contributed by atoms with Gasteiger partial charge in [-0.25, -0.2) is 0 Å². The fourth-order valence-corrected chi connectivity index (χ4v) is 1.07. The smallest absolute Gasteiger partial charge is 0.0575 e. The molecule has 0 rings (SSSR count). The Morgan fingerprint density at radius 2 is 2.00 bits per heavy atom. The van der Waals surface area contributed by atoms with Gasteiger partial charge in [0.2, 0.25) is 0 Å². The van der Waals surface area contributed by atoms with Gasteiger partial charge in [0.15, 0.2) is 0 Å². The van der Waals surface area contributed by atoms with Crippen LogP contribution in [0.3, 0.4) is 0 Å². The standard InChI is InChI=1S/C11H23O/c1-5-7-8-11(6-2)12-9-10(3)4/h10-11H,2,5-9H2,1,3-4H3. The van der Waals surface area contributed by atoms with Crippen molar-refractivity contribution in [2.45, 2.75) is 52.6 Å². The van der Waals surface area contributed by atoms with E-state index in [0.717, 1.165) is 13.0 Å². The van der Waals surface area contributed by atoms with Crippen molar-refractivity contribution in [2.75, 3.05) is 6.61 Å². The normalized spacial score (nSPS) is 13.8. The molecule has 1 heteroatoms. The van der Waals surface area contributed by atoms with Gasteiger partial charge in [-0.3, -0.25) is 0 Å². The van der Waals surface area contributed by atoms with E-state index in [0.29, 0.717) is 12.0 Å². The highest BCUT2D eigenvalue weighted by Crippen LogP contribution is 2.09. The third kappa shape index (κ3) is 6.66. The van der Waals surface area contributed by atoms with Crippen molar-refractivity contribution in [2.24, 2.45) is 5.92 Å². The summed E-state index contributed by atoms with van der Waals surface area (Å²) in [7, 11) is 0. The number of ether oxygens (including phenoxy) is 1. The highest BCUT2D eigenvalue weighted by molar-refractivity contribution is 4.59. The number of unbranched alkanes of at least 4 members (excludes halogenated alkanes) is 1. The minimum Gasteiger partial charge on any atom is -0.378 e. The summed E-state index contributed by atoms with van der Waals surface area (Å²) in [6.45, 7) is 11.3. The van der Waals surface area contributed by atoms with Gasteiger partial charge in [-0.15, -0.1) is 0 Å². The van der Waals surface area contributed by atoms with E-state index in [-0.39, 0.29) is 0 Å². The van der Waals surface area contributed by atoms with Gasteiger partial charge < -0.3 is 4.74 Å². The Bertz CT molecular complexity index is 89.0. The van der Waals surface area contributed by atoms with Crippen molar-refractivity contribution in [3.63, 3.8) is 0 Å². The first-order valence-electron chi connectivity index (χ1n) is 5.11. The molecule has 0 fully saturated rings. The maximum absolute atomic E-state index is 5.69. The highest BCUT2D eigenvalue weighted by Gasteiger charge is 2.06. The maximum atomic E-state index is 5.69. The van der Waals surface area contributed by atoms with Crippen LogP contribution in [0.2, 0.25) is 0 Å². The monoisotopic (exact) mass is 171 g/mol. The SMILES string of the molecule is [CH2]CC(CCCC)OCC(C)C. The Hall–Kier alpha value is -0.0400. The lowest BCUT2D eigenvalue weighted by Crippen LogP contribution is -2.15. The van der Waals surface area contributed by atoms with E-state index in [4.69, 9.17) is 4.74 Å². The predicted octanol–water partition coefficient (Wildman–Crippen LogP) is 3.44. The predicted molar refractivity (Wildman–Crippen MR) is 54.1 cm³/mol. The van der Waals surface area contributed by atoms with Crippen LogP contribution in [-0.2, 0) is 4.74 Å². The molecule has 1 nitrogen and oxygen atoms in total. The quantitative estimate of drug-likeness (QED) is 0.570. The molecule has 0 aliphatic rings. The maximum Gasteiger partial charge on any atom is 0.0575 e. The molecule has 0 aliphatic carbocycles. The first-order valence-corrected chi connectivity index (χ1v) is 5.11. The average Bonchev–Trinajstić information content (AvgIpc) is 2.05. The van der Waals surface area contributed by atoms with E-state index in [2.05, 4.69) is 27.7 Å². The Kier molecular flexibility index (Phi) is 7.58. The molecule has 0 aliphatic heterocycles.